The number of aryl methyl sites for hydroxylation is 1. The molecule has 3 nitrogen and oxygen atoms in total. The van der Waals surface area contributed by atoms with Gasteiger partial charge in [0.2, 0.25) is 5.89 Å². The van der Waals surface area contributed by atoms with Gasteiger partial charge < -0.3 is 10.2 Å². The van der Waals surface area contributed by atoms with Crippen molar-refractivity contribution in [2.24, 2.45) is 5.73 Å². The highest BCUT2D eigenvalue weighted by atomic mass is 79.9. The van der Waals surface area contributed by atoms with Gasteiger partial charge in [0.05, 0.1) is 6.54 Å². The lowest BCUT2D eigenvalue weighted by Gasteiger charge is -1.93. The summed E-state index contributed by atoms with van der Waals surface area (Å²) in [5.74, 6) is 0.580. The Hall–Kier alpha value is -0.870. The summed E-state index contributed by atoms with van der Waals surface area (Å²) in [5.41, 5.74) is 8.18. The van der Waals surface area contributed by atoms with Crippen molar-refractivity contribution in [3.8, 4) is 0 Å². The van der Waals surface area contributed by atoms with E-state index in [-0.39, 0.29) is 0 Å². The van der Waals surface area contributed by atoms with Gasteiger partial charge in [0, 0.05) is 4.47 Å². The monoisotopic (exact) mass is 240 g/mol. The SMILES string of the molecule is Cc1cc(Br)cc2nc(CN)oc12. The van der Waals surface area contributed by atoms with Crippen LogP contribution < -0.4 is 5.73 Å². The summed E-state index contributed by atoms with van der Waals surface area (Å²) in [6, 6.07) is 3.92. The van der Waals surface area contributed by atoms with Gasteiger partial charge in [-0.15, -0.1) is 0 Å². The van der Waals surface area contributed by atoms with Gasteiger partial charge in [-0.25, -0.2) is 4.98 Å². The summed E-state index contributed by atoms with van der Waals surface area (Å²) >= 11 is 3.40. The van der Waals surface area contributed by atoms with E-state index in [0.717, 1.165) is 21.1 Å². The summed E-state index contributed by atoms with van der Waals surface area (Å²) in [7, 11) is 0. The third kappa shape index (κ3) is 1.47. The molecule has 0 spiro atoms. The quantitative estimate of drug-likeness (QED) is 0.833. The lowest BCUT2D eigenvalue weighted by atomic mass is 10.2. The number of benzene rings is 1. The molecule has 1 aromatic carbocycles. The number of fused-ring (bicyclic) bond motifs is 1. The highest BCUT2D eigenvalue weighted by molar-refractivity contribution is 9.10. The standard InChI is InChI=1S/C9H9BrN2O/c1-5-2-6(10)3-7-9(5)13-8(4-11)12-7/h2-3H,4,11H2,1H3. The maximum atomic E-state index is 5.45. The number of oxazole rings is 1. The van der Waals surface area contributed by atoms with Crippen molar-refractivity contribution in [1.29, 1.82) is 0 Å². The van der Waals surface area contributed by atoms with E-state index in [1.807, 2.05) is 19.1 Å². The van der Waals surface area contributed by atoms with Crippen LogP contribution in [0.25, 0.3) is 11.1 Å². The second-order valence-corrected chi connectivity index (χ2v) is 3.80. The fourth-order valence-corrected chi connectivity index (χ4v) is 1.85. The number of hydrogen-bond donors (Lipinski definition) is 1. The number of nitrogens with zero attached hydrogens (tertiary/aromatic N) is 1. The van der Waals surface area contributed by atoms with Crippen LogP contribution in [-0.2, 0) is 6.54 Å². The minimum absolute atomic E-state index is 0.339. The molecule has 0 aliphatic heterocycles. The zero-order valence-corrected chi connectivity index (χ0v) is 8.76. The second-order valence-electron chi connectivity index (χ2n) is 2.88. The van der Waals surface area contributed by atoms with Crippen molar-refractivity contribution < 1.29 is 4.42 Å². The summed E-state index contributed by atoms with van der Waals surface area (Å²) in [4.78, 5) is 4.23. The van der Waals surface area contributed by atoms with Crippen molar-refractivity contribution in [3.63, 3.8) is 0 Å². The maximum absolute atomic E-state index is 5.45. The first-order chi connectivity index (χ1) is 6.20. The Labute approximate surface area is 84.1 Å². The van der Waals surface area contributed by atoms with Crippen LogP contribution in [0.2, 0.25) is 0 Å². The molecule has 0 aliphatic rings. The molecule has 4 heteroatoms. The molecule has 0 unspecified atom stereocenters. The molecule has 0 atom stereocenters. The van der Waals surface area contributed by atoms with Gasteiger partial charge >= 0.3 is 0 Å². The minimum Gasteiger partial charge on any atom is -0.439 e. The van der Waals surface area contributed by atoms with Gasteiger partial charge in [-0.2, -0.15) is 0 Å². The zero-order valence-electron chi connectivity index (χ0n) is 7.17. The molecule has 1 aromatic heterocycles. The summed E-state index contributed by atoms with van der Waals surface area (Å²) in [6.07, 6.45) is 0. The predicted octanol–water partition coefficient (Wildman–Crippen LogP) is 2.36. The highest BCUT2D eigenvalue weighted by Gasteiger charge is 2.07. The van der Waals surface area contributed by atoms with Crippen LogP contribution in [-0.4, -0.2) is 4.98 Å². The molecule has 2 rings (SSSR count). The molecule has 0 saturated carbocycles. The molecule has 2 aromatic rings. The van der Waals surface area contributed by atoms with Gasteiger partial charge in [-0.1, -0.05) is 15.9 Å². The largest absolute Gasteiger partial charge is 0.439 e. The Morgan fingerprint density at radius 3 is 3.00 bits per heavy atom. The summed E-state index contributed by atoms with van der Waals surface area (Å²) in [6.45, 7) is 2.32. The van der Waals surface area contributed by atoms with E-state index >= 15 is 0 Å². The normalized spacial score (nSPS) is 11.0. The van der Waals surface area contributed by atoms with Crippen LogP contribution in [0.5, 0.6) is 0 Å². The molecule has 1 heterocycles. The van der Waals surface area contributed by atoms with E-state index < -0.39 is 0 Å². The predicted molar refractivity (Wildman–Crippen MR) is 54.3 cm³/mol. The van der Waals surface area contributed by atoms with E-state index in [1.54, 1.807) is 0 Å². The van der Waals surface area contributed by atoms with Crippen LogP contribution in [0.4, 0.5) is 0 Å². The Morgan fingerprint density at radius 1 is 1.54 bits per heavy atom. The van der Waals surface area contributed by atoms with Crippen molar-refractivity contribution in [2.75, 3.05) is 0 Å². The van der Waals surface area contributed by atoms with Gasteiger partial charge in [-0.3, -0.25) is 0 Å². The third-order valence-electron chi connectivity index (χ3n) is 1.86. The van der Waals surface area contributed by atoms with E-state index in [4.69, 9.17) is 10.2 Å². The van der Waals surface area contributed by atoms with Crippen molar-refractivity contribution in [2.45, 2.75) is 13.5 Å². The fraction of sp³-hybridized carbons (Fsp3) is 0.222. The molecular formula is C9H9BrN2O. The molecular weight excluding hydrogens is 232 g/mol. The summed E-state index contributed by atoms with van der Waals surface area (Å²) < 4.78 is 6.45. The highest BCUT2D eigenvalue weighted by Crippen LogP contribution is 2.24. The van der Waals surface area contributed by atoms with E-state index in [9.17, 15) is 0 Å². The Bertz CT molecular complexity index is 450. The second kappa shape index (κ2) is 3.12. The molecule has 68 valence electrons. The first-order valence-corrected chi connectivity index (χ1v) is 4.75. The van der Waals surface area contributed by atoms with Crippen molar-refractivity contribution in [1.82, 2.24) is 4.98 Å². The van der Waals surface area contributed by atoms with Crippen LogP contribution in [0.15, 0.2) is 21.0 Å². The van der Waals surface area contributed by atoms with Crippen LogP contribution in [0.3, 0.4) is 0 Å². The van der Waals surface area contributed by atoms with Gasteiger partial charge in [0.15, 0.2) is 5.58 Å². The number of nitrogens with two attached hydrogens (primary N) is 1. The topological polar surface area (TPSA) is 52.0 Å². The van der Waals surface area contributed by atoms with E-state index in [2.05, 4.69) is 20.9 Å². The van der Waals surface area contributed by atoms with Crippen LogP contribution in [0.1, 0.15) is 11.5 Å². The third-order valence-corrected chi connectivity index (χ3v) is 2.32. The van der Waals surface area contributed by atoms with Crippen molar-refractivity contribution in [3.05, 3.63) is 28.1 Å². The van der Waals surface area contributed by atoms with E-state index in [0.29, 0.717) is 12.4 Å². The smallest absolute Gasteiger partial charge is 0.209 e. The Morgan fingerprint density at radius 2 is 2.31 bits per heavy atom. The number of aromatic nitrogens is 1. The molecule has 0 aliphatic carbocycles. The van der Waals surface area contributed by atoms with Crippen LogP contribution in [0, 0.1) is 6.92 Å². The van der Waals surface area contributed by atoms with Crippen molar-refractivity contribution >= 4 is 27.0 Å². The molecule has 13 heavy (non-hydrogen) atoms. The fourth-order valence-electron chi connectivity index (χ4n) is 1.29. The first kappa shape index (κ1) is 8.72. The molecule has 2 N–H and O–H groups in total. The molecule has 0 bridgehead atoms. The first-order valence-electron chi connectivity index (χ1n) is 3.96. The zero-order chi connectivity index (χ0) is 9.42. The minimum atomic E-state index is 0.339. The molecule has 0 radical (unpaired) electrons. The maximum Gasteiger partial charge on any atom is 0.209 e. The molecule has 0 saturated heterocycles. The lowest BCUT2D eigenvalue weighted by Crippen LogP contribution is -1.94. The van der Waals surface area contributed by atoms with E-state index in [1.165, 1.54) is 0 Å². The number of halogens is 1. The average molecular weight is 241 g/mol. The average Bonchev–Trinajstić information content (AvgIpc) is 2.47. The Balaban J connectivity index is 2.75. The number of rotatable bonds is 1. The lowest BCUT2D eigenvalue weighted by molar-refractivity contribution is 0.531. The number of hydrogen-bond acceptors (Lipinski definition) is 3. The van der Waals surface area contributed by atoms with Gasteiger partial charge in [0.25, 0.3) is 0 Å². The summed E-state index contributed by atoms with van der Waals surface area (Å²) in [5, 5.41) is 0. The Kier molecular flexibility index (Phi) is 2.09. The molecule has 0 amide bonds. The van der Waals surface area contributed by atoms with Crippen LogP contribution >= 0.6 is 15.9 Å². The van der Waals surface area contributed by atoms with Gasteiger partial charge in [-0.05, 0) is 24.6 Å². The molecule has 0 fully saturated rings. The van der Waals surface area contributed by atoms with Gasteiger partial charge in [0.1, 0.15) is 5.52 Å².